The number of carboxylic acid groups (broad SMARTS) is 1. The van der Waals surface area contributed by atoms with Gasteiger partial charge in [0.25, 0.3) is 5.56 Å². The predicted octanol–water partition coefficient (Wildman–Crippen LogP) is 2.85. The molecule has 0 aliphatic heterocycles. The van der Waals surface area contributed by atoms with Crippen molar-refractivity contribution in [3.05, 3.63) is 76.3 Å². The Labute approximate surface area is 205 Å². The first kappa shape index (κ1) is 25.7. The Balaban J connectivity index is 0.000000236. The molecule has 1 heterocycles. The van der Waals surface area contributed by atoms with Crippen LogP contribution in [-0.2, 0) is 6.54 Å². The summed E-state index contributed by atoms with van der Waals surface area (Å²) in [5, 5.41) is 28.0. The monoisotopic (exact) mass is 495 g/mol. The highest BCUT2D eigenvalue weighted by atomic mass is 16.5. The maximum absolute atomic E-state index is 12.6. The zero-order valence-corrected chi connectivity index (χ0v) is 19.8. The number of rotatable bonds is 6. The van der Waals surface area contributed by atoms with Gasteiger partial charge in [-0.05, 0) is 23.8 Å². The van der Waals surface area contributed by atoms with Crippen LogP contribution in [0.25, 0.3) is 10.9 Å². The van der Waals surface area contributed by atoms with E-state index < -0.39 is 5.97 Å². The molecule has 0 unspecified atom stereocenters. The molecule has 4 rings (SSSR count). The number of phenols is 2. The molecule has 0 spiro atoms. The van der Waals surface area contributed by atoms with Crippen LogP contribution in [0, 0.1) is 0 Å². The minimum Gasteiger partial charge on any atom is -0.504 e. The summed E-state index contributed by atoms with van der Waals surface area (Å²) in [5.74, 6) is -0.305. The highest BCUT2D eigenvalue weighted by Crippen LogP contribution is 2.31. The van der Waals surface area contributed by atoms with Crippen LogP contribution in [0.4, 0.5) is 5.69 Å². The van der Waals surface area contributed by atoms with Crippen molar-refractivity contribution in [3.63, 3.8) is 0 Å². The molecule has 0 atom stereocenters. The molecule has 3 aromatic carbocycles. The summed E-state index contributed by atoms with van der Waals surface area (Å²) in [6.07, 6.45) is 1.49. The number of aromatic hydroxyl groups is 2. The number of benzene rings is 3. The number of methoxy groups -OCH3 is 3. The third kappa shape index (κ3) is 5.58. The first-order chi connectivity index (χ1) is 17.2. The van der Waals surface area contributed by atoms with Crippen molar-refractivity contribution >= 4 is 22.6 Å². The number of carboxylic acids is 1. The van der Waals surface area contributed by atoms with Crippen LogP contribution in [0.3, 0.4) is 0 Å². The number of ether oxygens (including phenoxy) is 3. The van der Waals surface area contributed by atoms with Gasteiger partial charge >= 0.3 is 5.97 Å². The normalized spacial score (nSPS) is 10.3. The lowest BCUT2D eigenvalue weighted by Crippen LogP contribution is -2.21. The fraction of sp³-hybridized carbons (Fsp3) is 0.160. The molecule has 0 aliphatic rings. The number of nitrogens with zero attached hydrogens (tertiary/aromatic N) is 2. The SMILES string of the molecule is COc1cc(N)c(C(=O)O)cc1O.COc1ccc(Cn2cnc3cc(OC)c(O)cc3c2=O)cc1. The Morgan fingerprint density at radius 2 is 1.56 bits per heavy atom. The van der Waals surface area contributed by atoms with E-state index in [4.69, 9.17) is 25.1 Å². The van der Waals surface area contributed by atoms with Crippen molar-refractivity contribution in [2.75, 3.05) is 27.1 Å². The van der Waals surface area contributed by atoms with Gasteiger partial charge in [0.2, 0.25) is 0 Å². The van der Waals surface area contributed by atoms with Gasteiger partial charge in [0, 0.05) is 18.2 Å². The number of nitrogen functional groups attached to an aromatic ring is 1. The molecule has 188 valence electrons. The molecule has 0 amide bonds. The van der Waals surface area contributed by atoms with Crippen LogP contribution in [0.5, 0.6) is 28.7 Å². The number of carbonyl (C=O) groups is 1. The fourth-order valence-electron chi connectivity index (χ4n) is 3.31. The average molecular weight is 495 g/mol. The molecule has 0 bridgehead atoms. The van der Waals surface area contributed by atoms with Crippen LogP contribution in [0.1, 0.15) is 15.9 Å². The van der Waals surface area contributed by atoms with Gasteiger partial charge in [-0.3, -0.25) is 9.36 Å². The second kappa shape index (κ2) is 11.0. The second-order valence-electron chi connectivity index (χ2n) is 7.48. The maximum atomic E-state index is 12.6. The van der Waals surface area contributed by atoms with E-state index in [-0.39, 0.29) is 39.8 Å². The van der Waals surface area contributed by atoms with Gasteiger partial charge in [0.05, 0.1) is 56.4 Å². The molecule has 4 aromatic rings. The van der Waals surface area contributed by atoms with Crippen LogP contribution in [0.2, 0.25) is 0 Å². The number of aromatic carboxylic acids is 1. The molecule has 1 aromatic heterocycles. The topological polar surface area (TPSA) is 166 Å². The lowest BCUT2D eigenvalue weighted by Gasteiger charge is -2.09. The van der Waals surface area contributed by atoms with E-state index >= 15 is 0 Å². The van der Waals surface area contributed by atoms with Gasteiger partial charge in [0.1, 0.15) is 5.75 Å². The number of anilines is 1. The van der Waals surface area contributed by atoms with E-state index in [0.29, 0.717) is 17.4 Å². The van der Waals surface area contributed by atoms with Crippen molar-refractivity contribution in [1.82, 2.24) is 9.55 Å². The predicted molar refractivity (Wildman–Crippen MR) is 132 cm³/mol. The highest BCUT2D eigenvalue weighted by molar-refractivity contribution is 5.94. The molecule has 0 fully saturated rings. The molecule has 11 nitrogen and oxygen atoms in total. The molecule has 0 saturated carbocycles. The summed E-state index contributed by atoms with van der Waals surface area (Å²) in [6, 6.07) is 12.7. The molecular weight excluding hydrogens is 470 g/mol. The number of hydrogen-bond acceptors (Lipinski definition) is 9. The molecule has 5 N–H and O–H groups in total. The third-order valence-corrected chi connectivity index (χ3v) is 5.22. The zero-order valence-electron chi connectivity index (χ0n) is 19.8. The number of phenolic OH excluding ortho intramolecular Hbond substituents is 2. The van der Waals surface area contributed by atoms with E-state index in [0.717, 1.165) is 17.4 Å². The average Bonchev–Trinajstić information content (AvgIpc) is 2.87. The molecule has 11 heteroatoms. The van der Waals surface area contributed by atoms with Crippen LogP contribution >= 0.6 is 0 Å². The molecule has 36 heavy (non-hydrogen) atoms. The van der Waals surface area contributed by atoms with Crippen LogP contribution < -0.4 is 25.5 Å². The molecule has 0 radical (unpaired) electrons. The Kier molecular flexibility index (Phi) is 7.85. The zero-order chi connectivity index (χ0) is 26.4. The lowest BCUT2D eigenvalue weighted by atomic mass is 10.1. The number of aromatic nitrogens is 2. The Morgan fingerprint density at radius 1 is 0.944 bits per heavy atom. The van der Waals surface area contributed by atoms with Gasteiger partial charge in [-0.25, -0.2) is 9.78 Å². The van der Waals surface area contributed by atoms with E-state index in [1.807, 2.05) is 24.3 Å². The van der Waals surface area contributed by atoms with Crippen molar-refractivity contribution in [3.8, 4) is 28.7 Å². The second-order valence-corrected chi connectivity index (χ2v) is 7.48. The van der Waals surface area contributed by atoms with Crippen LogP contribution in [-0.4, -0.2) is 52.2 Å². The van der Waals surface area contributed by atoms with Gasteiger partial charge in [-0.1, -0.05) is 12.1 Å². The fourth-order valence-corrected chi connectivity index (χ4v) is 3.31. The first-order valence-corrected chi connectivity index (χ1v) is 10.5. The van der Waals surface area contributed by atoms with Gasteiger partial charge in [0.15, 0.2) is 23.0 Å². The maximum Gasteiger partial charge on any atom is 0.337 e. The Bertz CT molecular complexity index is 1450. The molecular formula is C25H25N3O8. The van der Waals surface area contributed by atoms with Gasteiger partial charge in [-0.15, -0.1) is 0 Å². The summed E-state index contributed by atoms with van der Waals surface area (Å²) in [7, 11) is 4.41. The van der Waals surface area contributed by atoms with E-state index in [9.17, 15) is 19.8 Å². The molecule has 0 aliphatic carbocycles. The number of fused-ring (bicyclic) bond motifs is 1. The lowest BCUT2D eigenvalue weighted by molar-refractivity contribution is 0.0697. The van der Waals surface area contributed by atoms with Crippen molar-refractivity contribution in [2.45, 2.75) is 6.54 Å². The minimum atomic E-state index is -1.18. The van der Waals surface area contributed by atoms with E-state index in [1.165, 1.54) is 37.2 Å². The van der Waals surface area contributed by atoms with Gasteiger partial charge in [-0.2, -0.15) is 0 Å². The third-order valence-electron chi connectivity index (χ3n) is 5.22. The van der Waals surface area contributed by atoms with E-state index in [2.05, 4.69) is 4.98 Å². The first-order valence-electron chi connectivity index (χ1n) is 10.5. The largest absolute Gasteiger partial charge is 0.504 e. The molecule has 0 saturated heterocycles. The standard InChI is InChI=1S/C17H16N2O4.C8H9NO4/c1-22-12-5-3-11(4-6-12)9-19-10-18-14-8-16(23-2)15(20)7-13(14)17(19)21;1-13-7-3-5(9)4(8(11)12)2-6(7)10/h3-8,10,20H,9H2,1-2H3;2-3,10H,9H2,1H3,(H,11,12). The number of nitrogens with two attached hydrogens (primary N) is 1. The van der Waals surface area contributed by atoms with Crippen molar-refractivity contribution in [1.29, 1.82) is 0 Å². The summed E-state index contributed by atoms with van der Waals surface area (Å²) in [5.41, 5.74) is 6.53. The quantitative estimate of drug-likeness (QED) is 0.231. The van der Waals surface area contributed by atoms with Crippen LogP contribution in [0.15, 0.2) is 59.7 Å². The summed E-state index contributed by atoms with van der Waals surface area (Å²) >= 11 is 0. The Morgan fingerprint density at radius 3 is 2.14 bits per heavy atom. The smallest absolute Gasteiger partial charge is 0.337 e. The summed E-state index contributed by atoms with van der Waals surface area (Å²) < 4.78 is 16.4. The minimum absolute atomic E-state index is 0.0575. The van der Waals surface area contributed by atoms with Gasteiger partial charge < -0.3 is 35.3 Å². The van der Waals surface area contributed by atoms with E-state index in [1.54, 1.807) is 13.2 Å². The van der Waals surface area contributed by atoms with Crippen molar-refractivity contribution < 1.29 is 34.3 Å². The van der Waals surface area contributed by atoms with Crippen molar-refractivity contribution in [2.24, 2.45) is 0 Å². The summed E-state index contributed by atoms with van der Waals surface area (Å²) in [6.45, 7) is 0.387. The summed E-state index contributed by atoms with van der Waals surface area (Å²) in [4.78, 5) is 27.4. The Hall–Kier alpha value is -4.93. The highest BCUT2D eigenvalue weighted by Gasteiger charge is 2.13. The number of hydrogen-bond donors (Lipinski definition) is 4.